The average molecular weight is 193 g/mol. The summed E-state index contributed by atoms with van der Waals surface area (Å²) in [7, 11) is 1.62. The molecule has 14 heavy (non-hydrogen) atoms. The number of rotatable bonds is 1. The predicted octanol–water partition coefficient (Wildman–Crippen LogP) is 0.734. The Balaban J connectivity index is 2.38. The fourth-order valence-corrected chi connectivity index (χ4v) is 1.73. The number of nitrogens with one attached hydrogen (secondary N) is 1. The molecule has 0 aromatic carbocycles. The smallest absolute Gasteiger partial charge is 0.232 e. The Morgan fingerprint density at radius 1 is 1.57 bits per heavy atom. The molecular formula is C10H15N3O. The quantitative estimate of drug-likeness (QED) is 0.714. The number of methoxy groups -OCH3 is 1. The number of hydrogen-bond donors (Lipinski definition) is 1. The lowest BCUT2D eigenvalue weighted by Crippen LogP contribution is -2.18. The topological polar surface area (TPSA) is 47.0 Å². The van der Waals surface area contributed by atoms with Crippen LogP contribution in [0, 0.1) is 0 Å². The van der Waals surface area contributed by atoms with E-state index in [0.29, 0.717) is 11.8 Å². The summed E-state index contributed by atoms with van der Waals surface area (Å²) in [6.07, 6.45) is 2.63. The van der Waals surface area contributed by atoms with Crippen molar-refractivity contribution in [2.24, 2.45) is 0 Å². The SMILES string of the molecule is COc1cnc2c(n1)CCNCC2C. The molecule has 1 aliphatic heterocycles. The summed E-state index contributed by atoms with van der Waals surface area (Å²) in [4.78, 5) is 8.82. The van der Waals surface area contributed by atoms with Gasteiger partial charge in [0.15, 0.2) is 0 Å². The van der Waals surface area contributed by atoms with E-state index in [2.05, 4.69) is 22.2 Å². The number of hydrogen-bond acceptors (Lipinski definition) is 4. The summed E-state index contributed by atoms with van der Waals surface area (Å²) in [6.45, 7) is 4.12. The van der Waals surface area contributed by atoms with Gasteiger partial charge >= 0.3 is 0 Å². The highest BCUT2D eigenvalue weighted by Crippen LogP contribution is 2.20. The van der Waals surface area contributed by atoms with Crippen LogP contribution in [0.3, 0.4) is 0 Å². The van der Waals surface area contributed by atoms with Gasteiger partial charge in [-0.3, -0.25) is 4.98 Å². The van der Waals surface area contributed by atoms with E-state index in [1.54, 1.807) is 13.3 Å². The minimum absolute atomic E-state index is 0.436. The Kier molecular flexibility index (Phi) is 2.63. The molecule has 0 saturated carbocycles. The largest absolute Gasteiger partial charge is 0.480 e. The molecule has 4 nitrogen and oxygen atoms in total. The maximum atomic E-state index is 5.06. The normalized spacial score (nSPS) is 21.1. The van der Waals surface area contributed by atoms with Gasteiger partial charge in [-0.05, 0) is 0 Å². The summed E-state index contributed by atoms with van der Waals surface area (Å²) in [5.74, 6) is 1.05. The van der Waals surface area contributed by atoms with Gasteiger partial charge in [0.2, 0.25) is 5.88 Å². The van der Waals surface area contributed by atoms with Crippen molar-refractivity contribution in [1.29, 1.82) is 0 Å². The van der Waals surface area contributed by atoms with Crippen LogP contribution < -0.4 is 10.1 Å². The molecule has 0 bridgehead atoms. The number of nitrogens with zero attached hydrogens (tertiary/aromatic N) is 2. The first-order valence-corrected chi connectivity index (χ1v) is 4.92. The van der Waals surface area contributed by atoms with Crippen LogP contribution >= 0.6 is 0 Å². The Labute approximate surface area is 83.7 Å². The lowest BCUT2D eigenvalue weighted by Gasteiger charge is -2.10. The van der Waals surface area contributed by atoms with Crippen LogP contribution in [0.2, 0.25) is 0 Å². The lowest BCUT2D eigenvalue weighted by molar-refractivity contribution is 0.393. The van der Waals surface area contributed by atoms with E-state index in [1.807, 2.05) is 0 Å². The molecule has 1 unspecified atom stereocenters. The number of fused-ring (bicyclic) bond motifs is 1. The average Bonchev–Trinajstić information content (AvgIpc) is 2.40. The van der Waals surface area contributed by atoms with Gasteiger partial charge in [-0.25, -0.2) is 4.98 Å². The maximum absolute atomic E-state index is 5.06. The molecule has 0 amide bonds. The fraction of sp³-hybridized carbons (Fsp3) is 0.600. The van der Waals surface area contributed by atoms with Gasteiger partial charge in [0.25, 0.3) is 0 Å². The monoisotopic (exact) mass is 193 g/mol. The number of aromatic nitrogens is 2. The Bertz CT molecular complexity index is 327. The van der Waals surface area contributed by atoms with Crippen molar-refractivity contribution in [1.82, 2.24) is 15.3 Å². The van der Waals surface area contributed by atoms with Crippen LogP contribution in [0.5, 0.6) is 5.88 Å². The zero-order valence-electron chi connectivity index (χ0n) is 8.58. The molecule has 0 aliphatic carbocycles. The van der Waals surface area contributed by atoms with Gasteiger partial charge in [0.05, 0.1) is 24.7 Å². The van der Waals surface area contributed by atoms with Crippen molar-refractivity contribution < 1.29 is 4.74 Å². The van der Waals surface area contributed by atoms with E-state index >= 15 is 0 Å². The molecule has 2 heterocycles. The van der Waals surface area contributed by atoms with Crippen molar-refractivity contribution in [3.05, 3.63) is 17.6 Å². The molecule has 1 atom stereocenters. The summed E-state index contributed by atoms with van der Waals surface area (Å²) in [5, 5.41) is 3.36. The van der Waals surface area contributed by atoms with E-state index in [-0.39, 0.29) is 0 Å². The summed E-state index contributed by atoms with van der Waals surface area (Å²) in [6, 6.07) is 0. The van der Waals surface area contributed by atoms with E-state index in [0.717, 1.165) is 30.9 Å². The maximum Gasteiger partial charge on any atom is 0.232 e. The Morgan fingerprint density at radius 3 is 3.21 bits per heavy atom. The van der Waals surface area contributed by atoms with Crippen LogP contribution in [-0.4, -0.2) is 30.2 Å². The first kappa shape index (κ1) is 9.40. The molecule has 2 rings (SSSR count). The van der Waals surface area contributed by atoms with Gasteiger partial charge < -0.3 is 10.1 Å². The Morgan fingerprint density at radius 2 is 2.43 bits per heavy atom. The van der Waals surface area contributed by atoms with Crippen molar-refractivity contribution >= 4 is 0 Å². The third-order valence-electron chi connectivity index (χ3n) is 2.52. The van der Waals surface area contributed by atoms with E-state index < -0.39 is 0 Å². The standard InChI is InChI=1S/C10H15N3O/c1-7-5-11-4-3-8-10(7)12-6-9(13-8)14-2/h6-7,11H,3-5H2,1-2H3. The highest BCUT2D eigenvalue weighted by molar-refractivity contribution is 5.22. The molecule has 4 heteroatoms. The second-order valence-electron chi connectivity index (χ2n) is 3.60. The van der Waals surface area contributed by atoms with E-state index in [4.69, 9.17) is 4.74 Å². The zero-order valence-corrected chi connectivity index (χ0v) is 8.58. The lowest BCUT2D eigenvalue weighted by atomic mass is 10.1. The predicted molar refractivity (Wildman–Crippen MR) is 53.6 cm³/mol. The minimum atomic E-state index is 0.436. The first-order chi connectivity index (χ1) is 6.81. The molecule has 0 spiro atoms. The molecular weight excluding hydrogens is 178 g/mol. The van der Waals surface area contributed by atoms with Crippen molar-refractivity contribution in [3.63, 3.8) is 0 Å². The minimum Gasteiger partial charge on any atom is -0.480 e. The second kappa shape index (κ2) is 3.92. The molecule has 76 valence electrons. The van der Waals surface area contributed by atoms with E-state index in [9.17, 15) is 0 Å². The molecule has 1 N–H and O–H groups in total. The van der Waals surface area contributed by atoms with Crippen LogP contribution in [0.1, 0.15) is 24.2 Å². The molecule has 0 fully saturated rings. The molecule has 0 saturated heterocycles. The van der Waals surface area contributed by atoms with Gasteiger partial charge in [0.1, 0.15) is 0 Å². The summed E-state index contributed by atoms with van der Waals surface area (Å²) >= 11 is 0. The van der Waals surface area contributed by atoms with Crippen LogP contribution in [-0.2, 0) is 6.42 Å². The first-order valence-electron chi connectivity index (χ1n) is 4.92. The molecule has 1 aromatic heterocycles. The highest BCUT2D eigenvalue weighted by atomic mass is 16.5. The van der Waals surface area contributed by atoms with Crippen molar-refractivity contribution in [2.75, 3.05) is 20.2 Å². The third-order valence-corrected chi connectivity index (χ3v) is 2.52. The molecule has 1 aromatic rings. The van der Waals surface area contributed by atoms with Crippen molar-refractivity contribution in [2.45, 2.75) is 19.3 Å². The summed E-state index contributed by atoms with van der Waals surface area (Å²) in [5.41, 5.74) is 2.18. The zero-order chi connectivity index (χ0) is 9.97. The van der Waals surface area contributed by atoms with Gasteiger partial charge in [-0.15, -0.1) is 0 Å². The van der Waals surface area contributed by atoms with Crippen LogP contribution in [0.4, 0.5) is 0 Å². The second-order valence-corrected chi connectivity index (χ2v) is 3.60. The van der Waals surface area contributed by atoms with Gasteiger partial charge in [-0.2, -0.15) is 0 Å². The van der Waals surface area contributed by atoms with Gasteiger partial charge in [-0.1, -0.05) is 6.92 Å². The number of ether oxygens (including phenoxy) is 1. The van der Waals surface area contributed by atoms with Crippen LogP contribution in [0.25, 0.3) is 0 Å². The highest BCUT2D eigenvalue weighted by Gasteiger charge is 2.17. The Hall–Kier alpha value is -1.16. The molecule has 0 radical (unpaired) electrons. The van der Waals surface area contributed by atoms with Gasteiger partial charge in [0, 0.05) is 25.4 Å². The van der Waals surface area contributed by atoms with Crippen molar-refractivity contribution in [3.8, 4) is 5.88 Å². The fourth-order valence-electron chi connectivity index (χ4n) is 1.73. The summed E-state index contributed by atoms with van der Waals surface area (Å²) < 4.78 is 5.06. The molecule has 1 aliphatic rings. The third kappa shape index (κ3) is 1.70. The van der Waals surface area contributed by atoms with Crippen LogP contribution in [0.15, 0.2) is 6.20 Å². The van der Waals surface area contributed by atoms with E-state index in [1.165, 1.54) is 0 Å².